The summed E-state index contributed by atoms with van der Waals surface area (Å²) in [5.41, 5.74) is 0. The Balaban J connectivity index is 1.74. The molecule has 0 bridgehead atoms. The van der Waals surface area contributed by atoms with Gasteiger partial charge < -0.3 is 9.88 Å². The standard InChI is InChI=1S/C14H22F3N3/c15-14(16,17)8-4-5-9-18-13-19-10-11-20(13)12-6-2-1-3-7-12/h10-12H,1-9H2,(H,18,19). The Hall–Kier alpha value is -1.20. The Kier molecular flexibility index (Phi) is 5.31. The molecular formula is C14H22F3N3. The molecule has 0 saturated heterocycles. The predicted octanol–water partition coefficient (Wildman–Crippen LogP) is 4.53. The van der Waals surface area contributed by atoms with E-state index in [0.29, 0.717) is 19.0 Å². The van der Waals surface area contributed by atoms with Gasteiger partial charge in [-0.2, -0.15) is 13.2 Å². The second-order valence-corrected chi connectivity index (χ2v) is 5.45. The lowest BCUT2D eigenvalue weighted by Crippen LogP contribution is -2.16. The van der Waals surface area contributed by atoms with Crippen molar-refractivity contribution in [3.8, 4) is 0 Å². The van der Waals surface area contributed by atoms with Gasteiger partial charge in [-0.05, 0) is 25.7 Å². The van der Waals surface area contributed by atoms with E-state index in [2.05, 4.69) is 14.9 Å². The van der Waals surface area contributed by atoms with Gasteiger partial charge in [0.1, 0.15) is 0 Å². The van der Waals surface area contributed by atoms with Gasteiger partial charge in [0.2, 0.25) is 5.95 Å². The van der Waals surface area contributed by atoms with Crippen LogP contribution < -0.4 is 5.32 Å². The van der Waals surface area contributed by atoms with Crippen molar-refractivity contribution in [1.82, 2.24) is 9.55 Å². The number of aromatic nitrogens is 2. The second-order valence-electron chi connectivity index (χ2n) is 5.45. The fourth-order valence-electron chi connectivity index (χ4n) is 2.75. The van der Waals surface area contributed by atoms with Gasteiger partial charge in [-0.15, -0.1) is 0 Å². The summed E-state index contributed by atoms with van der Waals surface area (Å²) in [5.74, 6) is 0.795. The first-order valence-electron chi connectivity index (χ1n) is 7.40. The molecule has 1 aromatic rings. The van der Waals surface area contributed by atoms with E-state index in [4.69, 9.17) is 0 Å². The van der Waals surface area contributed by atoms with E-state index >= 15 is 0 Å². The fourth-order valence-corrected chi connectivity index (χ4v) is 2.75. The summed E-state index contributed by atoms with van der Waals surface area (Å²) in [4.78, 5) is 4.27. The van der Waals surface area contributed by atoms with Crippen molar-refractivity contribution < 1.29 is 13.2 Å². The fraction of sp³-hybridized carbons (Fsp3) is 0.786. The molecule has 0 amide bonds. The van der Waals surface area contributed by atoms with Crippen LogP contribution in [0.3, 0.4) is 0 Å². The Morgan fingerprint density at radius 1 is 1.20 bits per heavy atom. The first kappa shape index (κ1) is 15.2. The monoisotopic (exact) mass is 289 g/mol. The van der Waals surface area contributed by atoms with E-state index < -0.39 is 12.6 Å². The summed E-state index contributed by atoms with van der Waals surface area (Å²) < 4.78 is 38.2. The van der Waals surface area contributed by atoms with Gasteiger partial charge in [0.05, 0.1) is 0 Å². The highest BCUT2D eigenvalue weighted by Crippen LogP contribution is 2.30. The first-order chi connectivity index (χ1) is 9.56. The third-order valence-corrected chi connectivity index (χ3v) is 3.81. The molecule has 0 unspecified atom stereocenters. The molecule has 6 heteroatoms. The molecule has 1 aromatic heterocycles. The molecule has 1 heterocycles. The predicted molar refractivity (Wildman–Crippen MR) is 72.7 cm³/mol. The molecule has 114 valence electrons. The minimum atomic E-state index is -4.04. The van der Waals surface area contributed by atoms with Crippen molar-refractivity contribution in [2.45, 2.75) is 63.6 Å². The molecule has 20 heavy (non-hydrogen) atoms. The molecule has 0 spiro atoms. The van der Waals surface area contributed by atoms with Crippen molar-refractivity contribution in [3.63, 3.8) is 0 Å². The molecule has 0 atom stereocenters. The van der Waals surface area contributed by atoms with Crippen LogP contribution in [0.15, 0.2) is 12.4 Å². The summed E-state index contributed by atoms with van der Waals surface area (Å²) in [6.07, 6.45) is 5.77. The summed E-state index contributed by atoms with van der Waals surface area (Å²) in [6.45, 7) is 0.541. The van der Waals surface area contributed by atoms with E-state index in [0.717, 1.165) is 5.95 Å². The number of halogens is 3. The molecular weight excluding hydrogens is 267 g/mol. The molecule has 1 aliphatic carbocycles. The number of alkyl halides is 3. The summed E-state index contributed by atoms with van der Waals surface area (Å²) in [5, 5.41) is 3.16. The topological polar surface area (TPSA) is 29.9 Å². The molecule has 0 aromatic carbocycles. The van der Waals surface area contributed by atoms with E-state index in [1.165, 1.54) is 32.1 Å². The van der Waals surface area contributed by atoms with Crippen LogP contribution in [-0.2, 0) is 0 Å². The number of imidazole rings is 1. The van der Waals surface area contributed by atoms with Crippen molar-refractivity contribution in [2.24, 2.45) is 0 Å². The van der Waals surface area contributed by atoms with Crippen LogP contribution in [0.5, 0.6) is 0 Å². The lowest BCUT2D eigenvalue weighted by atomic mass is 9.95. The van der Waals surface area contributed by atoms with Crippen molar-refractivity contribution in [1.29, 1.82) is 0 Å². The molecule has 1 aliphatic rings. The van der Waals surface area contributed by atoms with Gasteiger partial charge >= 0.3 is 6.18 Å². The molecule has 0 aliphatic heterocycles. The Morgan fingerprint density at radius 3 is 2.65 bits per heavy atom. The van der Waals surface area contributed by atoms with E-state index in [-0.39, 0.29) is 6.42 Å². The molecule has 1 fully saturated rings. The van der Waals surface area contributed by atoms with Crippen LogP contribution in [0.1, 0.15) is 57.4 Å². The highest BCUT2D eigenvalue weighted by molar-refractivity contribution is 5.26. The molecule has 1 saturated carbocycles. The summed E-state index contributed by atoms with van der Waals surface area (Å²) in [7, 11) is 0. The van der Waals surface area contributed by atoms with Crippen LogP contribution >= 0.6 is 0 Å². The minimum absolute atomic E-state index is 0.167. The minimum Gasteiger partial charge on any atom is -0.356 e. The summed E-state index contributed by atoms with van der Waals surface area (Å²) in [6, 6.07) is 0.490. The van der Waals surface area contributed by atoms with Gasteiger partial charge in [0, 0.05) is 31.4 Å². The zero-order valence-electron chi connectivity index (χ0n) is 11.6. The summed E-state index contributed by atoms with van der Waals surface area (Å²) >= 11 is 0. The highest BCUT2D eigenvalue weighted by Gasteiger charge is 2.25. The van der Waals surface area contributed by atoms with Crippen LogP contribution in [0.25, 0.3) is 0 Å². The average Bonchev–Trinajstić information content (AvgIpc) is 2.86. The highest BCUT2D eigenvalue weighted by atomic mass is 19.4. The maximum atomic E-state index is 12.0. The number of hydrogen-bond acceptors (Lipinski definition) is 2. The molecule has 1 N–H and O–H groups in total. The third kappa shape index (κ3) is 4.72. The van der Waals surface area contributed by atoms with E-state index in [1.807, 2.05) is 6.20 Å². The lowest BCUT2D eigenvalue weighted by Gasteiger charge is -2.24. The quantitative estimate of drug-likeness (QED) is 0.780. The number of rotatable bonds is 6. The number of nitrogens with one attached hydrogen (secondary N) is 1. The second kappa shape index (κ2) is 6.99. The van der Waals surface area contributed by atoms with Gasteiger partial charge in [-0.25, -0.2) is 4.98 Å². The molecule has 0 radical (unpaired) electrons. The smallest absolute Gasteiger partial charge is 0.356 e. The Morgan fingerprint density at radius 2 is 1.95 bits per heavy atom. The van der Waals surface area contributed by atoms with Crippen LogP contribution in [0.4, 0.5) is 19.1 Å². The number of unbranched alkanes of at least 4 members (excludes halogenated alkanes) is 1. The van der Waals surface area contributed by atoms with E-state index in [1.54, 1.807) is 6.20 Å². The van der Waals surface area contributed by atoms with Crippen molar-refractivity contribution in [3.05, 3.63) is 12.4 Å². The van der Waals surface area contributed by atoms with Crippen LogP contribution in [0.2, 0.25) is 0 Å². The van der Waals surface area contributed by atoms with Crippen LogP contribution in [0, 0.1) is 0 Å². The Bertz CT molecular complexity index is 395. The van der Waals surface area contributed by atoms with Gasteiger partial charge in [0.15, 0.2) is 0 Å². The molecule has 2 rings (SSSR count). The van der Waals surface area contributed by atoms with Gasteiger partial charge in [-0.1, -0.05) is 19.3 Å². The SMILES string of the molecule is FC(F)(F)CCCCNc1nccn1C1CCCCC1. The number of nitrogens with zero attached hydrogens (tertiary/aromatic N) is 2. The normalized spacial score (nSPS) is 17.4. The number of hydrogen-bond donors (Lipinski definition) is 1. The molecule has 3 nitrogen and oxygen atoms in total. The number of anilines is 1. The van der Waals surface area contributed by atoms with E-state index in [9.17, 15) is 13.2 Å². The maximum absolute atomic E-state index is 12.0. The lowest BCUT2D eigenvalue weighted by molar-refractivity contribution is -0.135. The maximum Gasteiger partial charge on any atom is 0.389 e. The third-order valence-electron chi connectivity index (χ3n) is 3.81. The van der Waals surface area contributed by atoms with Crippen molar-refractivity contribution >= 4 is 5.95 Å². The average molecular weight is 289 g/mol. The van der Waals surface area contributed by atoms with Crippen LogP contribution in [-0.4, -0.2) is 22.3 Å². The first-order valence-corrected chi connectivity index (χ1v) is 7.40. The van der Waals surface area contributed by atoms with Gasteiger partial charge in [-0.3, -0.25) is 0 Å². The zero-order valence-corrected chi connectivity index (χ0v) is 11.6. The van der Waals surface area contributed by atoms with Gasteiger partial charge in [0.25, 0.3) is 0 Å². The largest absolute Gasteiger partial charge is 0.389 e. The zero-order chi connectivity index (χ0) is 14.4. The Labute approximate surface area is 117 Å². The van der Waals surface area contributed by atoms with Crippen molar-refractivity contribution in [2.75, 3.05) is 11.9 Å².